The Balaban J connectivity index is 1.45. The van der Waals surface area contributed by atoms with Gasteiger partial charge in [-0.3, -0.25) is 4.79 Å². The first-order chi connectivity index (χ1) is 11.7. The van der Waals surface area contributed by atoms with Gasteiger partial charge in [-0.05, 0) is 25.0 Å². The van der Waals surface area contributed by atoms with Gasteiger partial charge in [-0.25, -0.2) is 9.78 Å². The molecule has 1 saturated carbocycles. The number of esters is 1. The summed E-state index contributed by atoms with van der Waals surface area (Å²) in [5, 5.41) is 2.89. The minimum absolute atomic E-state index is 0.209. The lowest BCUT2D eigenvalue weighted by atomic mass is 9.95. The summed E-state index contributed by atoms with van der Waals surface area (Å²) in [5.74, 6) is -0.540. The molecule has 0 spiro atoms. The second-order valence-electron chi connectivity index (χ2n) is 5.86. The summed E-state index contributed by atoms with van der Waals surface area (Å²) in [5.41, 5.74) is 1.37. The number of hydrogen-bond donors (Lipinski definition) is 1. The van der Waals surface area contributed by atoms with Crippen LogP contribution < -0.4 is 5.32 Å². The lowest BCUT2D eigenvalue weighted by Crippen LogP contribution is -2.38. The molecular formula is C18H20N2O4. The van der Waals surface area contributed by atoms with Gasteiger partial charge in [0.25, 0.3) is 5.91 Å². The fraction of sp³-hybridized carbons (Fsp3) is 0.389. The zero-order chi connectivity index (χ0) is 16.8. The number of rotatable bonds is 5. The molecule has 0 unspecified atom stereocenters. The Bertz CT molecular complexity index is 711. The normalized spacial score (nSPS) is 15.7. The summed E-state index contributed by atoms with van der Waals surface area (Å²) in [7, 11) is 0. The average molecular weight is 328 g/mol. The Morgan fingerprint density at radius 1 is 1.25 bits per heavy atom. The van der Waals surface area contributed by atoms with Gasteiger partial charge >= 0.3 is 5.97 Å². The van der Waals surface area contributed by atoms with Gasteiger partial charge in [0.15, 0.2) is 12.2 Å². The van der Waals surface area contributed by atoms with E-state index in [1.807, 2.05) is 18.2 Å². The molecule has 3 rings (SSSR count). The number of nitrogens with one attached hydrogen (secondary N) is 1. The highest BCUT2D eigenvalue weighted by atomic mass is 16.5. The van der Waals surface area contributed by atoms with E-state index in [4.69, 9.17) is 9.15 Å². The lowest BCUT2D eigenvalue weighted by molar-refractivity contribution is -0.144. The smallest absolute Gasteiger partial charge is 0.331 e. The van der Waals surface area contributed by atoms with Crippen molar-refractivity contribution < 1.29 is 18.7 Å². The molecule has 1 aliphatic rings. The van der Waals surface area contributed by atoms with E-state index in [9.17, 15) is 9.59 Å². The van der Waals surface area contributed by atoms with E-state index in [2.05, 4.69) is 10.3 Å². The van der Waals surface area contributed by atoms with Crippen molar-refractivity contribution in [2.24, 2.45) is 0 Å². The van der Waals surface area contributed by atoms with Crippen molar-refractivity contribution in [3.05, 3.63) is 36.2 Å². The van der Waals surface area contributed by atoms with Gasteiger partial charge in [-0.1, -0.05) is 31.4 Å². The maximum absolute atomic E-state index is 11.8. The number of aromatic nitrogens is 1. The molecule has 1 N–H and O–H groups in total. The van der Waals surface area contributed by atoms with Crippen LogP contribution in [0.15, 0.2) is 34.8 Å². The molecule has 126 valence electrons. The van der Waals surface area contributed by atoms with Gasteiger partial charge < -0.3 is 14.5 Å². The molecule has 0 saturated heterocycles. The van der Waals surface area contributed by atoms with E-state index in [1.165, 1.54) is 18.6 Å². The van der Waals surface area contributed by atoms with Gasteiger partial charge in [-0.2, -0.15) is 0 Å². The predicted octanol–water partition coefficient (Wildman–Crippen LogP) is 2.83. The Labute approximate surface area is 139 Å². The summed E-state index contributed by atoms with van der Waals surface area (Å²) >= 11 is 0. The molecule has 1 aromatic carbocycles. The predicted molar refractivity (Wildman–Crippen MR) is 89.0 cm³/mol. The molecule has 0 bridgehead atoms. The third-order valence-electron chi connectivity index (χ3n) is 3.99. The minimum Gasteiger partial charge on any atom is -0.452 e. The monoisotopic (exact) mass is 328 g/mol. The fourth-order valence-corrected chi connectivity index (χ4v) is 2.80. The zero-order valence-corrected chi connectivity index (χ0v) is 13.4. The Morgan fingerprint density at radius 2 is 2.04 bits per heavy atom. The van der Waals surface area contributed by atoms with Crippen LogP contribution in [-0.2, 0) is 14.3 Å². The number of nitrogens with zero attached hydrogens (tertiary/aromatic N) is 1. The van der Waals surface area contributed by atoms with Gasteiger partial charge in [0, 0.05) is 18.2 Å². The summed E-state index contributed by atoms with van der Waals surface area (Å²) < 4.78 is 10.4. The molecule has 24 heavy (non-hydrogen) atoms. The van der Waals surface area contributed by atoms with Gasteiger partial charge in [0.2, 0.25) is 5.89 Å². The fourth-order valence-electron chi connectivity index (χ4n) is 2.80. The van der Waals surface area contributed by atoms with E-state index in [0.717, 1.165) is 31.2 Å². The quantitative estimate of drug-likeness (QED) is 0.674. The van der Waals surface area contributed by atoms with E-state index >= 15 is 0 Å². The molecule has 6 heteroatoms. The van der Waals surface area contributed by atoms with Crippen LogP contribution in [0.4, 0.5) is 0 Å². The van der Waals surface area contributed by atoms with Crippen molar-refractivity contribution in [2.75, 3.05) is 6.61 Å². The second kappa shape index (κ2) is 7.77. The first kappa shape index (κ1) is 16.2. The maximum Gasteiger partial charge on any atom is 0.331 e. The van der Waals surface area contributed by atoms with Crippen molar-refractivity contribution in [1.82, 2.24) is 10.3 Å². The van der Waals surface area contributed by atoms with Crippen molar-refractivity contribution in [1.29, 1.82) is 0 Å². The Hall–Kier alpha value is -2.63. The second-order valence-corrected chi connectivity index (χ2v) is 5.86. The molecule has 1 amide bonds. The van der Waals surface area contributed by atoms with Gasteiger partial charge in [0.1, 0.15) is 5.52 Å². The highest BCUT2D eigenvalue weighted by molar-refractivity contribution is 5.89. The number of carbonyl (C=O) groups is 2. The van der Waals surface area contributed by atoms with Crippen LogP contribution in [0, 0.1) is 0 Å². The average Bonchev–Trinajstić information content (AvgIpc) is 3.02. The summed E-state index contributed by atoms with van der Waals surface area (Å²) in [6.45, 7) is -0.271. The first-order valence-electron chi connectivity index (χ1n) is 8.20. The van der Waals surface area contributed by atoms with Crippen LogP contribution in [0.3, 0.4) is 0 Å². The molecule has 0 aliphatic heterocycles. The van der Waals surface area contributed by atoms with E-state index in [0.29, 0.717) is 11.5 Å². The molecule has 1 aliphatic carbocycles. The molecule has 2 aromatic rings. The molecule has 1 fully saturated rings. The highest BCUT2D eigenvalue weighted by Gasteiger charge is 2.16. The standard InChI is InChI=1S/C18H20N2O4/c21-16(19-13-6-2-1-3-7-13)12-23-18(22)11-10-17-20-14-8-4-5-9-15(14)24-17/h4-5,8-11,13H,1-3,6-7,12H2,(H,19,21)/b11-10+. The number of benzene rings is 1. The molecule has 6 nitrogen and oxygen atoms in total. The molecule has 0 radical (unpaired) electrons. The van der Waals surface area contributed by atoms with Crippen LogP contribution >= 0.6 is 0 Å². The lowest BCUT2D eigenvalue weighted by Gasteiger charge is -2.22. The van der Waals surface area contributed by atoms with Crippen molar-refractivity contribution in [3.63, 3.8) is 0 Å². The number of amides is 1. The van der Waals surface area contributed by atoms with Gasteiger partial charge in [0.05, 0.1) is 0 Å². The Kier molecular flexibility index (Phi) is 5.25. The van der Waals surface area contributed by atoms with Gasteiger partial charge in [-0.15, -0.1) is 0 Å². The van der Waals surface area contributed by atoms with Crippen LogP contribution in [0.2, 0.25) is 0 Å². The third-order valence-corrected chi connectivity index (χ3v) is 3.99. The summed E-state index contributed by atoms with van der Waals surface area (Å²) in [6.07, 6.45) is 8.13. The summed E-state index contributed by atoms with van der Waals surface area (Å²) in [6, 6.07) is 7.54. The van der Waals surface area contributed by atoms with Crippen molar-refractivity contribution in [3.8, 4) is 0 Å². The Morgan fingerprint density at radius 3 is 2.83 bits per heavy atom. The highest BCUT2D eigenvalue weighted by Crippen LogP contribution is 2.17. The summed E-state index contributed by atoms with van der Waals surface area (Å²) in [4.78, 5) is 27.7. The number of para-hydroxylation sites is 2. The molecule has 1 aromatic heterocycles. The van der Waals surface area contributed by atoms with Crippen LogP contribution in [0.25, 0.3) is 17.2 Å². The van der Waals surface area contributed by atoms with Crippen LogP contribution in [-0.4, -0.2) is 29.5 Å². The zero-order valence-electron chi connectivity index (χ0n) is 13.4. The number of ether oxygens (including phenoxy) is 1. The van der Waals surface area contributed by atoms with E-state index < -0.39 is 5.97 Å². The number of oxazole rings is 1. The van der Waals surface area contributed by atoms with Crippen LogP contribution in [0.1, 0.15) is 38.0 Å². The van der Waals surface area contributed by atoms with E-state index in [-0.39, 0.29) is 18.6 Å². The van der Waals surface area contributed by atoms with Crippen molar-refractivity contribution in [2.45, 2.75) is 38.1 Å². The molecular weight excluding hydrogens is 308 g/mol. The third kappa shape index (κ3) is 4.44. The molecule has 1 heterocycles. The van der Waals surface area contributed by atoms with Crippen molar-refractivity contribution >= 4 is 29.1 Å². The number of hydrogen-bond acceptors (Lipinski definition) is 5. The maximum atomic E-state index is 11.8. The number of fused-ring (bicyclic) bond motifs is 1. The SMILES string of the molecule is O=C(COC(=O)/C=C/c1nc2ccccc2o1)NC1CCCCC1. The largest absolute Gasteiger partial charge is 0.452 e. The number of carbonyl (C=O) groups excluding carboxylic acids is 2. The van der Waals surface area contributed by atoms with Crippen LogP contribution in [0.5, 0.6) is 0 Å². The van der Waals surface area contributed by atoms with E-state index in [1.54, 1.807) is 6.07 Å². The topological polar surface area (TPSA) is 81.4 Å². The minimum atomic E-state index is -0.601. The first-order valence-corrected chi connectivity index (χ1v) is 8.20. The molecule has 0 atom stereocenters.